The number of carbonyl (C=O) groups is 2. The molecule has 3 heterocycles. The number of allylic oxidation sites excluding steroid dienone is 2. The number of nitrogens with one attached hydrogen (secondary N) is 1. The van der Waals surface area contributed by atoms with E-state index in [1.165, 1.54) is 34.4 Å². The van der Waals surface area contributed by atoms with Crippen molar-refractivity contribution in [2.24, 2.45) is 0 Å². The van der Waals surface area contributed by atoms with Crippen LogP contribution in [0.5, 0.6) is 0 Å². The first kappa shape index (κ1) is 47.1. The van der Waals surface area contributed by atoms with E-state index in [-0.39, 0.29) is 40.9 Å². The van der Waals surface area contributed by atoms with Gasteiger partial charge in [0, 0.05) is 34.4 Å². The Kier molecular flexibility index (Phi) is 15.5. The first-order valence-corrected chi connectivity index (χ1v) is 24.1. The molecule has 5 aromatic carbocycles. The minimum absolute atomic E-state index is 0.0174. The number of rotatable bonds is 18. The van der Waals surface area contributed by atoms with Gasteiger partial charge in [-0.2, -0.15) is 0 Å². The molecule has 1 N–H and O–H groups in total. The molecule has 0 unspecified atom stereocenters. The average molecular weight is 901 g/mol. The van der Waals surface area contributed by atoms with Crippen LogP contribution >= 0.6 is 0 Å². The Hall–Kier alpha value is -6.36. The van der Waals surface area contributed by atoms with E-state index in [2.05, 4.69) is 136 Å². The maximum absolute atomic E-state index is 14.1. The summed E-state index contributed by atoms with van der Waals surface area (Å²) in [7, 11) is 0. The molecule has 2 saturated heterocycles. The Morgan fingerprint density at radius 2 is 0.940 bits per heavy atom. The molecule has 2 fully saturated rings. The Morgan fingerprint density at radius 1 is 0.567 bits per heavy atom. The zero-order chi connectivity index (χ0) is 46.6. The Labute approximate surface area is 395 Å². The van der Waals surface area contributed by atoms with Gasteiger partial charge in [-0.15, -0.1) is 0 Å². The fourth-order valence-corrected chi connectivity index (χ4v) is 10.9. The van der Waals surface area contributed by atoms with Crippen molar-refractivity contribution in [3.63, 3.8) is 0 Å². The number of hydrogen-bond acceptors (Lipinski definition) is 9. The number of esters is 2. The van der Waals surface area contributed by atoms with E-state index in [0.717, 1.165) is 77.8 Å². The number of likely N-dealkylation sites (tertiary alicyclic amines) is 2. The van der Waals surface area contributed by atoms with Gasteiger partial charge >= 0.3 is 11.9 Å². The molecule has 3 aliphatic rings. The molecular weight excluding hydrogens is 837 g/mol. The van der Waals surface area contributed by atoms with Crippen LogP contribution in [-0.4, -0.2) is 79.1 Å². The van der Waals surface area contributed by atoms with Crippen LogP contribution in [-0.2, 0) is 29.9 Å². The standard InChI is InChI=1S/C57H64N4O6/c1-43-51(54(62)66-40-17-15-34-59-36-30-56(31-37-59,46-21-7-3-8-22-46)47-23-9-4-10-24-47)53(45-20-19-29-50(42-45)61(64)65)52(44(2)58-43)55(63)67-41-18-16-35-60-38-32-57(33-39-60,48-25-11-5-12-26-48)49-27-13-6-14-28-49/h3-14,19-29,42,53,58H,15-18,30-41H2,1-2H3. The van der Waals surface area contributed by atoms with Gasteiger partial charge in [0.1, 0.15) is 0 Å². The summed E-state index contributed by atoms with van der Waals surface area (Å²) in [6, 6.07) is 49.5. The van der Waals surface area contributed by atoms with Crippen LogP contribution in [0, 0.1) is 10.1 Å². The van der Waals surface area contributed by atoms with Gasteiger partial charge in [0.25, 0.3) is 5.69 Å². The van der Waals surface area contributed by atoms with Gasteiger partial charge in [-0.05, 0) is 132 Å². The van der Waals surface area contributed by atoms with Crippen LogP contribution in [0.3, 0.4) is 0 Å². The molecule has 0 atom stereocenters. The number of ether oxygens (including phenoxy) is 2. The Morgan fingerprint density at radius 3 is 1.30 bits per heavy atom. The lowest BCUT2D eigenvalue weighted by Crippen LogP contribution is -2.43. The number of nitro benzene ring substituents is 1. The van der Waals surface area contributed by atoms with Gasteiger partial charge in [-0.25, -0.2) is 9.59 Å². The van der Waals surface area contributed by atoms with E-state index in [4.69, 9.17) is 9.47 Å². The molecule has 10 nitrogen and oxygen atoms in total. The van der Waals surface area contributed by atoms with E-state index in [1.807, 2.05) is 0 Å². The zero-order valence-corrected chi connectivity index (χ0v) is 39.0. The summed E-state index contributed by atoms with van der Waals surface area (Å²) in [5.41, 5.74) is 7.30. The molecule has 0 aromatic heterocycles. The first-order valence-electron chi connectivity index (χ1n) is 24.1. The SMILES string of the molecule is CC1=C(C(=O)OCCCCN2CCC(c3ccccc3)(c3ccccc3)CC2)C(c2cccc([N+](=O)[O-])c2)C(C(=O)OCCCCN2CCC(c3ccccc3)(c3ccccc3)CC2)=C(C)N1. The number of dihydropyridines is 1. The van der Waals surface area contributed by atoms with Crippen molar-refractivity contribution < 1.29 is 24.0 Å². The monoisotopic (exact) mass is 900 g/mol. The number of hydrogen-bond donors (Lipinski definition) is 1. The highest BCUT2D eigenvalue weighted by molar-refractivity contribution is 6.00. The fraction of sp³-hybridized carbons (Fsp3) is 0.368. The van der Waals surface area contributed by atoms with E-state index in [1.54, 1.807) is 26.0 Å². The number of piperidine rings is 2. The highest BCUT2D eigenvalue weighted by Crippen LogP contribution is 2.44. The summed E-state index contributed by atoms with van der Waals surface area (Å²) in [6.45, 7) is 9.66. The van der Waals surface area contributed by atoms with Gasteiger partial charge in [-0.3, -0.25) is 10.1 Å². The summed E-state index contributed by atoms with van der Waals surface area (Å²) >= 11 is 0. The van der Waals surface area contributed by atoms with Gasteiger partial charge < -0.3 is 24.6 Å². The summed E-state index contributed by atoms with van der Waals surface area (Å²) in [5, 5.41) is 15.2. The number of nitro groups is 1. The molecule has 0 spiro atoms. The van der Waals surface area contributed by atoms with E-state index < -0.39 is 22.8 Å². The molecule has 0 saturated carbocycles. The number of benzene rings is 5. The van der Waals surface area contributed by atoms with E-state index >= 15 is 0 Å². The minimum atomic E-state index is -0.910. The molecule has 3 aliphatic heterocycles. The minimum Gasteiger partial charge on any atom is -0.462 e. The maximum atomic E-state index is 14.1. The summed E-state index contributed by atoms with van der Waals surface area (Å²) in [5.74, 6) is -2.03. The van der Waals surface area contributed by atoms with Gasteiger partial charge in [0.15, 0.2) is 0 Å². The normalized spacial score (nSPS) is 17.7. The summed E-state index contributed by atoms with van der Waals surface area (Å²) in [6.07, 6.45) is 7.17. The molecule has 5 aromatic rings. The van der Waals surface area contributed by atoms with Crippen LogP contribution in [0.4, 0.5) is 5.69 Å². The lowest BCUT2D eigenvalue weighted by atomic mass is 9.68. The topological polar surface area (TPSA) is 114 Å². The van der Waals surface area contributed by atoms with Crippen LogP contribution in [0.2, 0.25) is 0 Å². The van der Waals surface area contributed by atoms with Crippen molar-refractivity contribution in [2.45, 2.75) is 82.0 Å². The van der Waals surface area contributed by atoms with Crippen molar-refractivity contribution in [3.8, 4) is 0 Å². The van der Waals surface area contributed by atoms with E-state index in [0.29, 0.717) is 29.8 Å². The third-order valence-electron chi connectivity index (χ3n) is 14.5. The quantitative estimate of drug-likeness (QED) is 0.0397. The zero-order valence-electron chi connectivity index (χ0n) is 39.0. The number of unbranched alkanes of at least 4 members (excludes halogenated alkanes) is 2. The largest absolute Gasteiger partial charge is 0.462 e. The molecule has 0 radical (unpaired) electrons. The van der Waals surface area contributed by atoms with Crippen molar-refractivity contribution in [3.05, 3.63) is 206 Å². The predicted octanol–water partition coefficient (Wildman–Crippen LogP) is 10.6. The second-order valence-electron chi connectivity index (χ2n) is 18.5. The number of carbonyl (C=O) groups excluding carboxylic acids is 2. The summed E-state index contributed by atoms with van der Waals surface area (Å²) in [4.78, 5) is 44.7. The number of non-ortho nitro benzene ring substituents is 1. The molecule has 0 bridgehead atoms. The predicted molar refractivity (Wildman–Crippen MR) is 263 cm³/mol. The third kappa shape index (κ3) is 10.8. The van der Waals surface area contributed by atoms with Gasteiger partial charge in [0.2, 0.25) is 0 Å². The summed E-state index contributed by atoms with van der Waals surface area (Å²) < 4.78 is 11.9. The van der Waals surface area contributed by atoms with Crippen molar-refractivity contribution >= 4 is 17.6 Å². The molecule has 348 valence electrons. The lowest BCUT2D eigenvalue weighted by molar-refractivity contribution is -0.384. The Balaban J connectivity index is 0.849. The molecular formula is C57H64N4O6. The van der Waals surface area contributed by atoms with Crippen LogP contribution in [0.1, 0.15) is 98.9 Å². The third-order valence-corrected chi connectivity index (χ3v) is 14.5. The molecule has 67 heavy (non-hydrogen) atoms. The second-order valence-corrected chi connectivity index (χ2v) is 18.5. The maximum Gasteiger partial charge on any atom is 0.336 e. The smallest absolute Gasteiger partial charge is 0.336 e. The number of nitrogens with zero attached hydrogens (tertiary/aromatic N) is 3. The lowest BCUT2D eigenvalue weighted by Gasteiger charge is -2.43. The Bertz CT molecular complexity index is 2280. The van der Waals surface area contributed by atoms with Crippen LogP contribution in [0.25, 0.3) is 0 Å². The molecule has 8 rings (SSSR count). The molecule has 0 amide bonds. The van der Waals surface area contributed by atoms with Gasteiger partial charge in [0.05, 0.1) is 35.2 Å². The van der Waals surface area contributed by atoms with Gasteiger partial charge in [-0.1, -0.05) is 133 Å². The molecule has 10 heteroatoms. The van der Waals surface area contributed by atoms with Crippen LogP contribution in [0.15, 0.2) is 168 Å². The first-order chi connectivity index (χ1) is 32.7. The highest BCUT2D eigenvalue weighted by atomic mass is 16.6. The second kappa shape index (κ2) is 22.0. The molecule has 0 aliphatic carbocycles. The van der Waals surface area contributed by atoms with Crippen molar-refractivity contribution in [1.82, 2.24) is 15.1 Å². The van der Waals surface area contributed by atoms with Crippen LogP contribution < -0.4 is 5.32 Å². The highest BCUT2D eigenvalue weighted by Gasteiger charge is 2.41. The van der Waals surface area contributed by atoms with Crippen molar-refractivity contribution in [1.29, 1.82) is 0 Å². The average Bonchev–Trinajstić information content (AvgIpc) is 3.37. The van der Waals surface area contributed by atoms with E-state index in [9.17, 15) is 19.7 Å². The fourth-order valence-electron chi connectivity index (χ4n) is 10.9. The van der Waals surface area contributed by atoms with Crippen molar-refractivity contribution in [2.75, 3.05) is 52.5 Å².